The number of benzene rings is 2. The second-order valence-electron chi connectivity index (χ2n) is 5.07. The van der Waals surface area contributed by atoms with Gasteiger partial charge in [0, 0.05) is 6.07 Å². The molecule has 0 radical (unpaired) electrons. The molecule has 1 aromatic heterocycles. The fourth-order valence-electron chi connectivity index (χ4n) is 2.32. The van der Waals surface area contributed by atoms with E-state index in [4.69, 9.17) is 10.5 Å². The van der Waals surface area contributed by atoms with Crippen molar-refractivity contribution in [1.82, 2.24) is 15.2 Å². The fraction of sp³-hybridized carbons (Fsp3) is 0.125. The quantitative estimate of drug-likeness (QED) is 0.549. The molecule has 0 spiro atoms. The van der Waals surface area contributed by atoms with Crippen molar-refractivity contribution in [3.05, 3.63) is 70.0 Å². The van der Waals surface area contributed by atoms with E-state index < -0.39 is 11.0 Å². The first-order valence-electron chi connectivity index (χ1n) is 7.15. The molecule has 0 bridgehead atoms. The first kappa shape index (κ1) is 15.6. The molecule has 3 N–H and O–H groups in total. The molecule has 0 saturated carbocycles. The largest absolute Gasteiger partial charge is 0.497 e. The lowest BCUT2D eigenvalue weighted by atomic mass is 10.1. The second-order valence-corrected chi connectivity index (χ2v) is 5.07. The first-order chi connectivity index (χ1) is 11.6. The number of nitrogens with one attached hydrogen (secondary N) is 1. The average Bonchev–Trinajstić information content (AvgIpc) is 3.11. The van der Waals surface area contributed by atoms with E-state index in [9.17, 15) is 10.1 Å². The summed E-state index contributed by atoms with van der Waals surface area (Å²) in [7, 11) is 1.59. The maximum absolute atomic E-state index is 11.1. The number of nitro benzene ring substituents is 1. The molecule has 1 heterocycles. The fourth-order valence-corrected chi connectivity index (χ4v) is 2.32. The van der Waals surface area contributed by atoms with Crippen molar-refractivity contribution >= 4 is 5.69 Å². The van der Waals surface area contributed by atoms with Crippen molar-refractivity contribution in [3.8, 4) is 17.1 Å². The topological polar surface area (TPSA) is 120 Å². The van der Waals surface area contributed by atoms with E-state index in [0.29, 0.717) is 11.4 Å². The van der Waals surface area contributed by atoms with Gasteiger partial charge in [0.2, 0.25) is 0 Å². The lowest BCUT2D eigenvalue weighted by Gasteiger charge is -2.09. The molecule has 0 aliphatic rings. The molecule has 0 fully saturated rings. The van der Waals surface area contributed by atoms with Crippen LogP contribution in [0.2, 0.25) is 0 Å². The minimum absolute atomic E-state index is 0.0546. The number of nitro groups is 1. The Morgan fingerprint density at radius 1 is 1.21 bits per heavy atom. The number of ether oxygens (including phenoxy) is 1. The molecule has 3 aromatic rings. The molecule has 3 rings (SSSR count). The zero-order valence-corrected chi connectivity index (χ0v) is 12.8. The molecule has 0 amide bonds. The second kappa shape index (κ2) is 6.47. The van der Waals surface area contributed by atoms with Gasteiger partial charge in [0.05, 0.1) is 23.6 Å². The molecule has 8 nitrogen and oxygen atoms in total. The van der Waals surface area contributed by atoms with Crippen LogP contribution in [0.1, 0.15) is 17.4 Å². The lowest BCUT2D eigenvalue weighted by molar-refractivity contribution is -0.384. The number of nitrogens with two attached hydrogens (primary N) is 1. The van der Waals surface area contributed by atoms with Crippen molar-refractivity contribution in [3.63, 3.8) is 0 Å². The van der Waals surface area contributed by atoms with Crippen LogP contribution in [-0.4, -0.2) is 27.2 Å². The first-order valence-corrected chi connectivity index (χ1v) is 7.15. The zero-order chi connectivity index (χ0) is 17.1. The molecule has 122 valence electrons. The van der Waals surface area contributed by atoms with Gasteiger partial charge in [0.15, 0.2) is 5.82 Å². The van der Waals surface area contributed by atoms with Gasteiger partial charge in [-0.2, -0.15) is 5.10 Å². The predicted octanol–water partition coefficient (Wildman–Crippen LogP) is 2.44. The van der Waals surface area contributed by atoms with E-state index in [2.05, 4.69) is 15.2 Å². The van der Waals surface area contributed by atoms with Gasteiger partial charge in [-0.15, -0.1) is 0 Å². The Hall–Kier alpha value is -3.26. The predicted molar refractivity (Wildman–Crippen MR) is 87.5 cm³/mol. The average molecular weight is 325 g/mol. The molecule has 24 heavy (non-hydrogen) atoms. The number of hydrogen-bond acceptors (Lipinski definition) is 6. The van der Waals surface area contributed by atoms with E-state index in [-0.39, 0.29) is 11.5 Å². The highest BCUT2D eigenvalue weighted by atomic mass is 16.6. The van der Waals surface area contributed by atoms with Crippen molar-refractivity contribution in [2.45, 2.75) is 6.04 Å². The van der Waals surface area contributed by atoms with E-state index >= 15 is 0 Å². The van der Waals surface area contributed by atoms with Crippen molar-refractivity contribution in [2.24, 2.45) is 5.73 Å². The molecule has 2 aromatic carbocycles. The van der Waals surface area contributed by atoms with Gasteiger partial charge < -0.3 is 10.5 Å². The van der Waals surface area contributed by atoms with Gasteiger partial charge in [0.25, 0.3) is 5.69 Å². The van der Waals surface area contributed by atoms with E-state index in [1.165, 1.54) is 6.07 Å². The molecule has 0 saturated heterocycles. The third kappa shape index (κ3) is 2.95. The van der Waals surface area contributed by atoms with Crippen LogP contribution in [0.3, 0.4) is 0 Å². The Morgan fingerprint density at radius 2 is 1.92 bits per heavy atom. The van der Waals surface area contributed by atoms with Gasteiger partial charge >= 0.3 is 0 Å². The van der Waals surface area contributed by atoms with Crippen molar-refractivity contribution in [1.29, 1.82) is 0 Å². The van der Waals surface area contributed by atoms with Gasteiger partial charge in [-0.05, 0) is 23.8 Å². The number of aromatic nitrogens is 3. The summed E-state index contributed by atoms with van der Waals surface area (Å²) in [4.78, 5) is 15.0. The summed E-state index contributed by atoms with van der Waals surface area (Å²) >= 11 is 0. The molecule has 0 aliphatic carbocycles. The molecule has 8 heteroatoms. The Balaban J connectivity index is 1.91. The number of methoxy groups -OCH3 is 1. The van der Waals surface area contributed by atoms with Gasteiger partial charge in [0.1, 0.15) is 11.6 Å². The van der Waals surface area contributed by atoms with Crippen LogP contribution in [0.15, 0.2) is 48.5 Å². The minimum atomic E-state index is -0.528. The Bertz CT molecular complexity index is 860. The van der Waals surface area contributed by atoms with Crippen LogP contribution in [0, 0.1) is 10.1 Å². The standard InChI is InChI=1S/C16H15N5O3/c1-24-11-8-6-10(7-9-11)14(17)16-18-15(19-20-16)12-4-2-3-5-13(12)21(22)23/h2-9,14H,17H2,1H3,(H,18,19,20)/t14-/m1/s1. The summed E-state index contributed by atoms with van der Waals surface area (Å²) in [6.07, 6.45) is 0. The van der Waals surface area contributed by atoms with Crippen LogP contribution in [0.25, 0.3) is 11.4 Å². The van der Waals surface area contributed by atoms with Gasteiger partial charge in [-0.1, -0.05) is 24.3 Å². The molecule has 0 aliphatic heterocycles. The van der Waals surface area contributed by atoms with E-state index in [1.807, 2.05) is 12.1 Å². The maximum Gasteiger partial charge on any atom is 0.280 e. The number of rotatable bonds is 5. The van der Waals surface area contributed by atoms with Crippen molar-refractivity contribution < 1.29 is 9.66 Å². The molecular formula is C16H15N5O3. The maximum atomic E-state index is 11.1. The van der Waals surface area contributed by atoms with Crippen LogP contribution >= 0.6 is 0 Å². The summed E-state index contributed by atoms with van der Waals surface area (Å²) < 4.78 is 5.11. The van der Waals surface area contributed by atoms with E-state index in [0.717, 1.165) is 11.3 Å². The smallest absolute Gasteiger partial charge is 0.280 e. The Labute approximate surface area is 137 Å². The highest BCUT2D eigenvalue weighted by Crippen LogP contribution is 2.28. The summed E-state index contributed by atoms with van der Waals surface area (Å²) in [5.41, 5.74) is 7.29. The monoisotopic (exact) mass is 325 g/mol. The summed E-state index contributed by atoms with van der Waals surface area (Å²) in [6, 6.07) is 13.0. The van der Waals surface area contributed by atoms with Crippen LogP contribution in [-0.2, 0) is 0 Å². The number of aromatic amines is 1. The van der Waals surface area contributed by atoms with Crippen LogP contribution in [0.4, 0.5) is 5.69 Å². The number of H-pyrrole nitrogens is 1. The molecule has 1 atom stereocenters. The van der Waals surface area contributed by atoms with Gasteiger partial charge in [-0.3, -0.25) is 15.2 Å². The number of para-hydroxylation sites is 1. The van der Waals surface area contributed by atoms with Crippen LogP contribution in [0.5, 0.6) is 5.75 Å². The molecule has 0 unspecified atom stereocenters. The number of nitrogens with zero attached hydrogens (tertiary/aromatic N) is 3. The summed E-state index contributed by atoms with van der Waals surface area (Å²) in [5.74, 6) is 1.39. The Kier molecular flexibility index (Phi) is 4.21. The normalized spacial score (nSPS) is 11.9. The molecular weight excluding hydrogens is 310 g/mol. The SMILES string of the molecule is COc1ccc([C@@H](N)c2nc(-c3ccccc3[N+](=O)[O-])n[nH]2)cc1. The Morgan fingerprint density at radius 3 is 2.58 bits per heavy atom. The zero-order valence-electron chi connectivity index (χ0n) is 12.8. The highest BCUT2D eigenvalue weighted by molar-refractivity contribution is 5.67. The third-order valence-electron chi connectivity index (χ3n) is 3.61. The van der Waals surface area contributed by atoms with Crippen LogP contribution < -0.4 is 10.5 Å². The summed E-state index contributed by atoms with van der Waals surface area (Å²) in [5, 5.41) is 17.9. The third-order valence-corrected chi connectivity index (χ3v) is 3.61. The highest BCUT2D eigenvalue weighted by Gasteiger charge is 2.20. The lowest BCUT2D eigenvalue weighted by Crippen LogP contribution is -2.13. The summed E-state index contributed by atoms with van der Waals surface area (Å²) in [6.45, 7) is 0. The number of hydrogen-bond donors (Lipinski definition) is 2. The minimum Gasteiger partial charge on any atom is -0.497 e. The van der Waals surface area contributed by atoms with E-state index in [1.54, 1.807) is 37.4 Å². The van der Waals surface area contributed by atoms with Gasteiger partial charge in [-0.25, -0.2) is 4.98 Å². The van der Waals surface area contributed by atoms with Crippen molar-refractivity contribution in [2.75, 3.05) is 7.11 Å².